The van der Waals surface area contributed by atoms with Crippen LogP contribution in [0.4, 0.5) is 11.4 Å². The quantitative estimate of drug-likeness (QED) is 0.420. The van der Waals surface area contributed by atoms with Crippen molar-refractivity contribution in [3.05, 3.63) is 34.3 Å². The smallest absolute Gasteiger partial charge is 0.259 e. The van der Waals surface area contributed by atoms with Crippen molar-refractivity contribution < 1.29 is 28.5 Å². The Morgan fingerprint density at radius 3 is 2.00 bits per heavy atom. The number of ketones is 1. The second kappa shape index (κ2) is 10.8. The van der Waals surface area contributed by atoms with E-state index in [0.29, 0.717) is 10.8 Å². The topological polar surface area (TPSA) is 108 Å². The zero-order valence-electron chi connectivity index (χ0n) is 17.5. The molecular formula is C20H21Cl2N3O6. The predicted molar refractivity (Wildman–Crippen MR) is 117 cm³/mol. The maximum atomic E-state index is 12.9. The molecule has 0 bridgehead atoms. The summed E-state index contributed by atoms with van der Waals surface area (Å²) < 4.78 is 21.0. The van der Waals surface area contributed by atoms with E-state index in [1.54, 1.807) is 12.1 Å². The number of carbonyl (C=O) groups is 2. The lowest BCUT2D eigenvalue weighted by Crippen LogP contribution is -2.32. The van der Waals surface area contributed by atoms with Crippen LogP contribution in [-0.2, 0) is 9.59 Å². The molecule has 0 heterocycles. The van der Waals surface area contributed by atoms with Gasteiger partial charge in [-0.3, -0.25) is 9.59 Å². The van der Waals surface area contributed by atoms with Gasteiger partial charge in [0.2, 0.25) is 6.04 Å². The molecule has 11 heteroatoms. The summed E-state index contributed by atoms with van der Waals surface area (Å²) in [4.78, 5) is 25.0. The van der Waals surface area contributed by atoms with E-state index in [4.69, 9.17) is 42.1 Å². The van der Waals surface area contributed by atoms with Crippen molar-refractivity contribution in [3.63, 3.8) is 0 Å². The third kappa shape index (κ3) is 5.56. The number of carbonyl (C=O) groups excluding carboxylic acids is 2. The maximum Gasteiger partial charge on any atom is 0.259 e. The van der Waals surface area contributed by atoms with Crippen LogP contribution < -0.4 is 24.3 Å². The summed E-state index contributed by atoms with van der Waals surface area (Å²) in [7, 11) is 5.63. The van der Waals surface area contributed by atoms with Crippen molar-refractivity contribution in [2.45, 2.75) is 13.0 Å². The summed E-state index contributed by atoms with van der Waals surface area (Å²) in [5.41, 5.74) is 0.331. The third-order valence-electron chi connectivity index (χ3n) is 4.10. The molecule has 1 unspecified atom stereocenters. The number of anilines is 1. The Balaban J connectivity index is 2.42. The minimum Gasteiger partial charge on any atom is -0.494 e. The molecule has 0 saturated carbocycles. The lowest BCUT2D eigenvalue weighted by molar-refractivity contribution is -0.126. The molecule has 0 aliphatic carbocycles. The van der Waals surface area contributed by atoms with Crippen LogP contribution in [0.15, 0.2) is 34.5 Å². The first-order valence-electron chi connectivity index (χ1n) is 8.81. The van der Waals surface area contributed by atoms with E-state index in [9.17, 15) is 9.59 Å². The maximum absolute atomic E-state index is 12.9. The van der Waals surface area contributed by atoms with E-state index in [-0.39, 0.29) is 33.6 Å². The Labute approximate surface area is 189 Å². The zero-order chi connectivity index (χ0) is 23.1. The Kier molecular flexibility index (Phi) is 8.47. The molecule has 9 nitrogen and oxygen atoms in total. The van der Waals surface area contributed by atoms with E-state index in [1.165, 1.54) is 47.5 Å². The number of benzene rings is 2. The number of hydrogen-bond donors (Lipinski definition) is 1. The summed E-state index contributed by atoms with van der Waals surface area (Å²) in [6.45, 7) is 1.21. The van der Waals surface area contributed by atoms with Crippen molar-refractivity contribution in [1.82, 2.24) is 0 Å². The molecule has 1 amide bonds. The number of halogens is 2. The number of rotatable bonds is 9. The highest BCUT2D eigenvalue weighted by Crippen LogP contribution is 2.43. The number of amides is 1. The molecule has 2 rings (SSSR count). The van der Waals surface area contributed by atoms with Gasteiger partial charge in [-0.15, -0.1) is 5.11 Å². The second-order valence-corrected chi connectivity index (χ2v) is 6.88. The summed E-state index contributed by atoms with van der Waals surface area (Å²) in [6.07, 6.45) is 0. The number of ether oxygens (including phenoxy) is 4. The summed E-state index contributed by atoms with van der Waals surface area (Å²) in [6, 6.07) is 4.63. The van der Waals surface area contributed by atoms with Crippen LogP contribution in [0.25, 0.3) is 0 Å². The van der Waals surface area contributed by atoms with Crippen molar-refractivity contribution in [1.29, 1.82) is 0 Å². The first kappa shape index (κ1) is 24.2. The van der Waals surface area contributed by atoms with Crippen LogP contribution in [0.5, 0.6) is 23.0 Å². The normalized spacial score (nSPS) is 11.7. The average Bonchev–Trinajstić information content (AvgIpc) is 2.74. The van der Waals surface area contributed by atoms with Gasteiger partial charge in [-0.25, -0.2) is 0 Å². The van der Waals surface area contributed by atoms with Gasteiger partial charge >= 0.3 is 0 Å². The summed E-state index contributed by atoms with van der Waals surface area (Å²) in [5, 5.41) is 11.1. The number of nitrogens with one attached hydrogen (secondary N) is 1. The Bertz CT molecular complexity index is 988. The Morgan fingerprint density at radius 2 is 1.52 bits per heavy atom. The number of hydrogen-bond acceptors (Lipinski definition) is 8. The van der Waals surface area contributed by atoms with E-state index >= 15 is 0 Å². The van der Waals surface area contributed by atoms with Gasteiger partial charge in [0.1, 0.15) is 22.9 Å². The highest BCUT2D eigenvalue weighted by Gasteiger charge is 2.26. The van der Waals surface area contributed by atoms with Crippen molar-refractivity contribution >= 4 is 46.3 Å². The molecule has 0 spiro atoms. The molecule has 0 radical (unpaired) electrons. The summed E-state index contributed by atoms with van der Waals surface area (Å²) >= 11 is 12.1. The standard InChI is InChI=1S/C20H21Cl2N3O6/c1-10(26)16(24-25-18-13(28-2)7-6-12(22)19(18)31-5)20(27)23-17-14(29-3)8-11(21)9-15(17)30-4/h6-9,16H,1-5H3,(H,23,27). The van der Waals surface area contributed by atoms with E-state index < -0.39 is 17.7 Å². The lowest BCUT2D eigenvalue weighted by atomic mass is 10.2. The van der Waals surface area contributed by atoms with Gasteiger partial charge in [-0.2, -0.15) is 5.11 Å². The molecule has 0 fully saturated rings. The van der Waals surface area contributed by atoms with Crippen LogP contribution in [0.2, 0.25) is 10.0 Å². The van der Waals surface area contributed by atoms with Gasteiger partial charge in [0.15, 0.2) is 17.2 Å². The third-order valence-corrected chi connectivity index (χ3v) is 4.61. The first-order valence-corrected chi connectivity index (χ1v) is 9.57. The van der Waals surface area contributed by atoms with Crippen molar-refractivity contribution in [2.24, 2.45) is 10.2 Å². The number of nitrogens with zero attached hydrogens (tertiary/aromatic N) is 2. The van der Waals surface area contributed by atoms with Gasteiger partial charge in [0.25, 0.3) is 5.91 Å². The molecule has 2 aromatic carbocycles. The van der Waals surface area contributed by atoms with Crippen LogP contribution in [0, 0.1) is 0 Å². The largest absolute Gasteiger partial charge is 0.494 e. The van der Waals surface area contributed by atoms with Crippen LogP contribution in [0.3, 0.4) is 0 Å². The Hall–Kier alpha value is -3.04. The minimum atomic E-state index is -1.47. The number of methoxy groups -OCH3 is 4. The minimum absolute atomic E-state index is 0.137. The van der Waals surface area contributed by atoms with Gasteiger partial charge in [0, 0.05) is 17.2 Å². The molecule has 0 aliphatic heterocycles. The zero-order valence-corrected chi connectivity index (χ0v) is 19.0. The highest BCUT2D eigenvalue weighted by molar-refractivity contribution is 6.32. The van der Waals surface area contributed by atoms with Crippen LogP contribution >= 0.6 is 23.2 Å². The highest BCUT2D eigenvalue weighted by atomic mass is 35.5. The molecular weight excluding hydrogens is 449 g/mol. The molecule has 0 saturated heterocycles. The molecule has 31 heavy (non-hydrogen) atoms. The molecule has 0 aromatic heterocycles. The average molecular weight is 470 g/mol. The van der Waals surface area contributed by atoms with Gasteiger partial charge < -0.3 is 24.3 Å². The second-order valence-electron chi connectivity index (χ2n) is 6.03. The number of azo groups is 1. The van der Waals surface area contributed by atoms with Gasteiger partial charge in [-0.1, -0.05) is 23.2 Å². The predicted octanol–water partition coefficient (Wildman–Crippen LogP) is 4.71. The van der Waals surface area contributed by atoms with E-state index in [1.807, 2.05) is 0 Å². The molecule has 1 N–H and O–H groups in total. The van der Waals surface area contributed by atoms with Gasteiger partial charge in [0.05, 0.1) is 33.5 Å². The molecule has 0 aliphatic rings. The Morgan fingerprint density at radius 1 is 0.935 bits per heavy atom. The fraction of sp³-hybridized carbons (Fsp3) is 0.300. The van der Waals surface area contributed by atoms with Crippen LogP contribution in [0.1, 0.15) is 6.92 Å². The SMILES string of the molecule is COc1ccc(Cl)c(OC)c1N=NC(C(C)=O)C(=O)Nc1c(OC)cc(Cl)cc1OC. The fourth-order valence-corrected chi connectivity index (χ4v) is 3.04. The molecule has 2 aromatic rings. The van der Waals surface area contributed by atoms with E-state index in [2.05, 4.69) is 15.5 Å². The number of Topliss-reactive ketones (excluding diaryl/α,β-unsaturated/α-hetero) is 1. The van der Waals surface area contributed by atoms with Crippen LogP contribution in [-0.4, -0.2) is 46.2 Å². The van der Waals surface area contributed by atoms with Crippen molar-refractivity contribution in [3.8, 4) is 23.0 Å². The molecule has 1 atom stereocenters. The molecule has 166 valence electrons. The lowest BCUT2D eigenvalue weighted by Gasteiger charge is -2.16. The fourth-order valence-electron chi connectivity index (χ4n) is 2.61. The first-order chi connectivity index (χ1) is 14.8. The van der Waals surface area contributed by atoms with Crippen molar-refractivity contribution in [2.75, 3.05) is 33.8 Å². The van der Waals surface area contributed by atoms with E-state index in [0.717, 1.165) is 0 Å². The monoisotopic (exact) mass is 469 g/mol. The summed E-state index contributed by atoms with van der Waals surface area (Å²) in [5.74, 6) is -0.323. The van der Waals surface area contributed by atoms with Gasteiger partial charge in [-0.05, 0) is 19.1 Å².